The lowest BCUT2D eigenvalue weighted by molar-refractivity contribution is 0.849. The van der Waals surface area contributed by atoms with Crippen molar-refractivity contribution in [2.45, 2.75) is 13.0 Å². The van der Waals surface area contributed by atoms with Gasteiger partial charge in [-0.3, -0.25) is 4.98 Å². The maximum absolute atomic E-state index is 6.17. The third-order valence-electron chi connectivity index (χ3n) is 2.67. The van der Waals surface area contributed by atoms with Gasteiger partial charge in [-0.1, -0.05) is 11.6 Å². The molecular weight excluding hydrogens is 236 g/mol. The highest BCUT2D eigenvalue weighted by atomic mass is 35.5. The molecule has 5 heteroatoms. The quantitative estimate of drug-likeness (QED) is 0.853. The van der Waals surface area contributed by atoms with Crippen LogP contribution in [0.5, 0.6) is 0 Å². The second kappa shape index (κ2) is 4.69. The van der Waals surface area contributed by atoms with E-state index in [1.54, 1.807) is 18.5 Å². The first-order valence-electron chi connectivity index (χ1n) is 5.16. The monoisotopic (exact) mass is 248 g/mol. The summed E-state index contributed by atoms with van der Waals surface area (Å²) in [6, 6.07) is 3.28. The number of pyridine rings is 2. The van der Waals surface area contributed by atoms with Crippen molar-refractivity contribution in [2.24, 2.45) is 5.73 Å². The highest BCUT2D eigenvalue weighted by Gasteiger charge is 2.15. The molecule has 0 radical (unpaired) electrons. The number of nitrogen functional groups attached to an aromatic ring is 1. The van der Waals surface area contributed by atoms with Crippen molar-refractivity contribution in [1.82, 2.24) is 9.97 Å². The number of anilines is 1. The maximum Gasteiger partial charge on any atom is 0.128 e. The topological polar surface area (TPSA) is 77.8 Å². The number of nitrogens with two attached hydrogens (primary N) is 2. The highest BCUT2D eigenvalue weighted by Crippen LogP contribution is 2.26. The Labute approximate surface area is 105 Å². The zero-order valence-corrected chi connectivity index (χ0v) is 10.1. The lowest BCUT2D eigenvalue weighted by atomic mass is 9.98. The number of aryl methyl sites for hydroxylation is 1. The van der Waals surface area contributed by atoms with Crippen LogP contribution >= 0.6 is 11.6 Å². The predicted octanol–water partition coefficient (Wildman–Crippen LogP) is 2.07. The molecule has 0 spiro atoms. The number of rotatable bonds is 2. The maximum atomic E-state index is 6.17. The molecule has 2 heterocycles. The van der Waals surface area contributed by atoms with E-state index < -0.39 is 0 Å². The first-order chi connectivity index (χ1) is 8.09. The summed E-state index contributed by atoms with van der Waals surface area (Å²) >= 11 is 5.90. The average molecular weight is 249 g/mol. The molecule has 1 atom stereocenters. The molecule has 0 saturated carbocycles. The summed E-state index contributed by atoms with van der Waals surface area (Å²) in [5, 5.41) is 0.520. The Morgan fingerprint density at radius 3 is 2.76 bits per heavy atom. The number of halogens is 1. The van der Waals surface area contributed by atoms with Crippen LogP contribution in [-0.4, -0.2) is 9.97 Å². The van der Waals surface area contributed by atoms with Crippen LogP contribution in [0.1, 0.15) is 22.7 Å². The Kier molecular flexibility index (Phi) is 3.26. The molecule has 0 bridgehead atoms. The van der Waals surface area contributed by atoms with Crippen molar-refractivity contribution >= 4 is 17.4 Å². The second-order valence-electron chi connectivity index (χ2n) is 3.84. The van der Waals surface area contributed by atoms with Crippen LogP contribution < -0.4 is 11.5 Å². The van der Waals surface area contributed by atoms with Crippen molar-refractivity contribution < 1.29 is 0 Å². The summed E-state index contributed by atoms with van der Waals surface area (Å²) in [6.07, 6.45) is 4.97. The van der Waals surface area contributed by atoms with Crippen LogP contribution in [0.2, 0.25) is 5.02 Å². The Hall–Kier alpha value is -1.65. The zero-order chi connectivity index (χ0) is 12.4. The molecule has 4 N–H and O–H groups in total. The fourth-order valence-electron chi connectivity index (χ4n) is 1.68. The van der Waals surface area contributed by atoms with Gasteiger partial charge in [-0.25, -0.2) is 4.98 Å². The standard InChI is InChI=1S/C12H13ClN4/c1-7-2-3-16-6-10(7)11(14)9-4-8(13)5-17-12(9)15/h2-6,11H,14H2,1H3,(H2,15,17). The SMILES string of the molecule is Cc1ccncc1C(N)c1cc(Cl)cnc1N. The van der Waals surface area contributed by atoms with Crippen molar-refractivity contribution in [1.29, 1.82) is 0 Å². The summed E-state index contributed by atoms with van der Waals surface area (Å²) in [5.74, 6) is 0.394. The lowest BCUT2D eigenvalue weighted by Gasteiger charge is -2.16. The Morgan fingerprint density at radius 2 is 2.06 bits per heavy atom. The van der Waals surface area contributed by atoms with Gasteiger partial charge in [-0.2, -0.15) is 0 Å². The van der Waals surface area contributed by atoms with Crippen LogP contribution in [0.4, 0.5) is 5.82 Å². The summed E-state index contributed by atoms with van der Waals surface area (Å²) in [6.45, 7) is 1.98. The average Bonchev–Trinajstić information content (AvgIpc) is 2.32. The molecule has 2 rings (SSSR count). The van der Waals surface area contributed by atoms with Gasteiger partial charge in [0.25, 0.3) is 0 Å². The molecule has 0 aromatic carbocycles. The van der Waals surface area contributed by atoms with E-state index in [1.807, 2.05) is 13.0 Å². The van der Waals surface area contributed by atoms with E-state index in [0.29, 0.717) is 16.4 Å². The van der Waals surface area contributed by atoms with Gasteiger partial charge in [0, 0.05) is 24.2 Å². The van der Waals surface area contributed by atoms with Crippen molar-refractivity contribution in [2.75, 3.05) is 5.73 Å². The molecule has 0 fully saturated rings. The molecule has 0 saturated heterocycles. The highest BCUT2D eigenvalue weighted by molar-refractivity contribution is 6.30. The molecule has 2 aromatic heterocycles. The fourth-order valence-corrected chi connectivity index (χ4v) is 1.85. The minimum atomic E-state index is -0.366. The van der Waals surface area contributed by atoms with Gasteiger partial charge >= 0.3 is 0 Å². The molecule has 4 nitrogen and oxygen atoms in total. The smallest absolute Gasteiger partial charge is 0.128 e. The third-order valence-corrected chi connectivity index (χ3v) is 2.87. The van der Waals surface area contributed by atoms with Crippen LogP contribution in [0.25, 0.3) is 0 Å². The summed E-state index contributed by atoms with van der Waals surface area (Å²) in [7, 11) is 0. The summed E-state index contributed by atoms with van der Waals surface area (Å²) in [4.78, 5) is 8.07. The van der Waals surface area contributed by atoms with Crippen LogP contribution in [0.15, 0.2) is 30.7 Å². The van der Waals surface area contributed by atoms with E-state index in [9.17, 15) is 0 Å². The van der Waals surface area contributed by atoms with Gasteiger partial charge < -0.3 is 11.5 Å². The first kappa shape index (κ1) is 11.8. The first-order valence-corrected chi connectivity index (χ1v) is 5.54. The molecule has 0 amide bonds. The van der Waals surface area contributed by atoms with Crippen molar-refractivity contribution in [3.05, 3.63) is 52.4 Å². The van der Waals surface area contributed by atoms with Gasteiger partial charge in [0.05, 0.1) is 11.1 Å². The van der Waals surface area contributed by atoms with Crippen molar-refractivity contribution in [3.63, 3.8) is 0 Å². The molecule has 0 aliphatic heterocycles. The van der Waals surface area contributed by atoms with Crippen LogP contribution in [-0.2, 0) is 0 Å². The molecule has 0 aliphatic rings. The molecular formula is C12H13ClN4. The fraction of sp³-hybridized carbons (Fsp3) is 0.167. The van der Waals surface area contributed by atoms with Crippen molar-refractivity contribution in [3.8, 4) is 0 Å². The predicted molar refractivity (Wildman–Crippen MR) is 68.7 cm³/mol. The van der Waals surface area contributed by atoms with E-state index in [2.05, 4.69) is 9.97 Å². The number of aromatic nitrogens is 2. The van der Waals surface area contributed by atoms with E-state index in [4.69, 9.17) is 23.1 Å². The Bertz CT molecular complexity index is 542. The van der Waals surface area contributed by atoms with Gasteiger partial charge in [0.2, 0.25) is 0 Å². The van der Waals surface area contributed by atoms with Gasteiger partial charge in [-0.15, -0.1) is 0 Å². The third kappa shape index (κ3) is 2.38. The minimum Gasteiger partial charge on any atom is -0.383 e. The van der Waals surface area contributed by atoms with E-state index in [-0.39, 0.29) is 6.04 Å². The number of nitrogens with zero attached hydrogens (tertiary/aromatic N) is 2. The molecule has 17 heavy (non-hydrogen) atoms. The lowest BCUT2D eigenvalue weighted by Crippen LogP contribution is -2.16. The molecule has 1 unspecified atom stereocenters. The normalized spacial score (nSPS) is 12.4. The number of hydrogen-bond donors (Lipinski definition) is 2. The zero-order valence-electron chi connectivity index (χ0n) is 9.39. The minimum absolute atomic E-state index is 0.366. The molecule has 0 aliphatic carbocycles. The Morgan fingerprint density at radius 1 is 1.29 bits per heavy atom. The second-order valence-corrected chi connectivity index (χ2v) is 4.27. The van der Waals surface area contributed by atoms with Gasteiger partial charge in [-0.05, 0) is 30.2 Å². The number of hydrogen-bond acceptors (Lipinski definition) is 4. The van der Waals surface area contributed by atoms with Crippen LogP contribution in [0.3, 0.4) is 0 Å². The van der Waals surface area contributed by atoms with Gasteiger partial charge in [0.1, 0.15) is 5.82 Å². The van der Waals surface area contributed by atoms with Crippen LogP contribution in [0, 0.1) is 6.92 Å². The van der Waals surface area contributed by atoms with E-state index in [1.165, 1.54) is 6.20 Å². The molecule has 2 aromatic rings. The molecule has 88 valence electrons. The van der Waals surface area contributed by atoms with E-state index in [0.717, 1.165) is 11.1 Å². The van der Waals surface area contributed by atoms with Gasteiger partial charge in [0.15, 0.2) is 0 Å². The van der Waals surface area contributed by atoms with E-state index >= 15 is 0 Å². The summed E-state index contributed by atoms with van der Waals surface area (Å²) < 4.78 is 0. The Balaban J connectivity index is 2.47. The largest absolute Gasteiger partial charge is 0.383 e. The summed E-state index contributed by atoms with van der Waals surface area (Å²) in [5.41, 5.74) is 14.7.